The fourth-order valence-corrected chi connectivity index (χ4v) is 6.33. The standard InChI is InChI=1S/C22H24N4O3S2/c1-15-12-19(16(2)26(15)18-10-11-31(28,29)14-18)20(27)13-30-22-23-21(24-25-22)9-8-17-6-4-3-5-7-17/h3-9,12,18H,10-11,13-14H2,1-2H3,(H,23,24,25)/b9-8+. The first-order valence-corrected chi connectivity index (χ1v) is 12.8. The van der Waals surface area contributed by atoms with Crippen molar-refractivity contribution in [3.05, 3.63) is 64.7 Å². The Bertz CT molecular complexity index is 1230. The van der Waals surface area contributed by atoms with Gasteiger partial charge in [0.05, 0.1) is 17.3 Å². The first kappa shape index (κ1) is 21.6. The molecule has 1 aromatic carbocycles. The van der Waals surface area contributed by atoms with Gasteiger partial charge in [0.15, 0.2) is 15.6 Å². The van der Waals surface area contributed by atoms with Crippen molar-refractivity contribution in [2.45, 2.75) is 31.5 Å². The van der Waals surface area contributed by atoms with Gasteiger partial charge in [-0.1, -0.05) is 48.2 Å². The Morgan fingerprint density at radius 1 is 1.26 bits per heavy atom. The van der Waals surface area contributed by atoms with Crippen LogP contribution in [0.3, 0.4) is 0 Å². The second-order valence-electron chi connectivity index (χ2n) is 7.67. The molecule has 31 heavy (non-hydrogen) atoms. The van der Waals surface area contributed by atoms with E-state index in [1.165, 1.54) is 11.8 Å². The molecular weight excluding hydrogens is 432 g/mol. The number of benzene rings is 1. The van der Waals surface area contributed by atoms with Crippen LogP contribution in [0.4, 0.5) is 0 Å². The number of carbonyl (C=O) groups is 1. The Kier molecular flexibility index (Phi) is 6.15. The van der Waals surface area contributed by atoms with Crippen LogP contribution in [0.5, 0.6) is 0 Å². The van der Waals surface area contributed by atoms with Gasteiger partial charge in [-0.2, -0.15) is 0 Å². The predicted molar refractivity (Wildman–Crippen MR) is 123 cm³/mol. The van der Waals surface area contributed by atoms with E-state index in [0.717, 1.165) is 17.0 Å². The van der Waals surface area contributed by atoms with Crippen LogP contribution in [0, 0.1) is 13.8 Å². The molecule has 1 unspecified atom stereocenters. The van der Waals surface area contributed by atoms with Gasteiger partial charge in [-0.25, -0.2) is 13.4 Å². The molecule has 1 aliphatic heterocycles. The van der Waals surface area contributed by atoms with Gasteiger partial charge < -0.3 is 4.57 Å². The molecule has 1 N–H and O–H groups in total. The number of aryl methyl sites for hydroxylation is 1. The molecule has 3 heterocycles. The molecule has 4 rings (SSSR count). The molecule has 0 radical (unpaired) electrons. The van der Waals surface area contributed by atoms with Crippen molar-refractivity contribution >= 4 is 39.5 Å². The fraction of sp³-hybridized carbons (Fsp3) is 0.318. The maximum absolute atomic E-state index is 12.8. The lowest BCUT2D eigenvalue weighted by molar-refractivity contribution is 0.102. The van der Waals surface area contributed by atoms with Gasteiger partial charge in [0, 0.05) is 23.0 Å². The third-order valence-electron chi connectivity index (χ3n) is 5.41. The lowest BCUT2D eigenvalue weighted by Crippen LogP contribution is -2.14. The zero-order chi connectivity index (χ0) is 22.0. The minimum absolute atomic E-state index is 0.0172. The van der Waals surface area contributed by atoms with Gasteiger partial charge in [0.1, 0.15) is 5.82 Å². The third kappa shape index (κ3) is 4.99. The van der Waals surface area contributed by atoms with E-state index in [4.69, 9.17) is 0 Å². The molecule has 1 saturated heterocycles. The van der Waals surface area contributed by atoms with E-state index >= 15 is 0 Å². The van der Waals surface area contributed by atoms with Crippen molar-refractivity contribution in [3.8, 4) is 0 Å². The molecule has 1 atom stereocenters. The Morgan fingerprint density at radius 2 is 2.03 bits per heavy atom. The van der Waals surface area contributed by atoms with Crippen LogP contribution in [0.1, 0.15) is 45.6 Å². The zero-order valence-corrected chi connectivity index (χ0v) is 19.0. The maximum Gasteiger partial charge on any atom is 0.209 e. The Morgan fingerprint density at radius 3 is 2.74 bits per heavy atom. The number of hydrogen-bond donors (Lipinski definition) is 1. The summed E-state index contributed by atoms with van der Waals surface area (Å²) in [5, 5.41) is 7.55. The predicted octanol–water partition coefficient (Wildman–Crippen LogP) is 3.73. The van der Waals surface area contributed by atoms with Crippen LogP contribution < -0.4 is 0 Å². The van der Waals surface area contributed by atoms with Crippen LogP contribution in [0.15, 0.2) is 41.6 Å². The minimum Gasteiger partial charge on any atom is -0.344 e. The van der Waals surface area contributed by atoms with Crippen LogP contribution >= 0.6 is 11.8 Å². The highest BCUT2D eigenvalue weighted by atomic mass is 32.2. The smallest absolute Gasteiger partial charge is 0.209 e. The number of ketones is 1. The lowest BCUT2D eigenvalue weighted by atomic mass is 10.2. The van der Waals surface area contributed by atoms with Crippen molar-refractivity contribution in [2.75, 3.05) is 17.3 Å². The van der Waals surface area contributed by atoms with Crippen molar-refractivity contribution in [1.82, 2.24) is 19.7 Å². The highest BCUT2D eigenvalue weighted by molar-refractivity contribution is 7.99. The molecule has 0 amide bonds. The molecule has 0 aliphatic carbocycles. The number of nitrogens with zero attached hydrogens (tertiary/aromatic N) is 3. The number of Topliss-reactive ketones (excluding diaryl/α,β-unsaturated/α-hetero) is 1. The van der Waals surface area contributed by atoms with Gasteiger partial charge >= 0.3 is 0 Å². The Balaban J connectivity index is 1.40. The minimum atomic E-state index is -2.99. The second-order valence-corrected chi connectivity index (χ2v) is 10.8. The van der Waals surface area contributed by atoms with Gasteiger partial charge in [-0.3, -0.25) is 9.89 Å². The third-order valence-corrected chi connectivity index (χ3v) is 8.00. The van der Waals surface area contributed by atoms with E-state index in [0.29, 0.717) is 23.0 Å². The van der Waals surface area contributed by atoms with E-state index in [9.17, 15) is 13.2 Å². The van der Waals surface area contributed by atoms with E-state index in [2.05, 4.69) is 15.2 Å². The Labute approximate surface area is 185 Å². The normalized spacial score (nSPS) is 18.1. The molecule has 7 nitrogen and oxygen atoms in total. The summed E-state index contributed by atoms with van der Waals surface area (Å²) in [6.07, 6.45) is 4.38. The summed E-state index contributed by atoms with van der Waals surface area (Å²) in [5.74, 6) is 1.17. The molecule has 3 aromatic rings. The summed E-state index contributed by atoms with van der Waals surface area (Å²) in [7, 11) is -2.99. The van der Waals surface area contributed by atoms with Crippen molar-refractivity contribution < 1.29 is 13.2 Å². The molecular formula is C22H24N4O3S2. The monoisotopic (exact) mass is 456 g/mol. The number of aromatic amines is 1. The van der Waals surface area contributed by atoms with E-state index in [1.807, 2.05) is 67.0 Å². The Hall–Kier alpha value is -2.65. The van der Waals surface area contributed by atoms with E-state index in [-0.39, 0.29) is 29.1 Å². The fourth-order valence-electron chi connectivity index (χ4n) is 3.94. The van der Waals surface area contributed by atoms with Gasteiger partial charge in [-0.05, 0) is 38.0 Å². The van der Waals surface area contributed by atoms with Crippen molar-refractivity contribution in [3.63, 3.8) is 0 Å². The number of nitrogens with one attached hydrogen (secondary N) is 1. The van der Waals surface area contributed by atoms with E-state index < -0.39 is 9.84 Å². The molecule has 9 heteroatoms. The number of rotatable bonds is 7. The van der Waals surface area contributed by atoms with Crippen LogP contribution in [0.2, 0.25) is 0 Å². The molecule has 0 spiro atoms. The second kappa shape index (κ2) is 8.84. The van der Waals surface area contributed by atoms with Crippen LogP contribution in [-0.2, 0) is 9.84 Å². The summed E-state index contributed by atoms with van der Waals surface area (Å²) in [6.45, 7) is 3.80. The first-order valence-electron chi connectivity index (χ1n) is 10.0. The maximum atomic E-state index is 12.8. The number of sulfone groups is 1. The number of thioether (sulfide) groups is 1. The first-order chi connectivity index (χ1) is 14.8. The van der Waals surface area contributed by atoms with Crippen molar-refractivity contribution in [1.29, 1.82) is 0 Å². The molecule has 1 aliphatic rings. The van der Waals surface area contributed by atoms with Crippen LogP contribution in [0.25, 0.3) is 12.2 Å². The topological polar surface area (TPSA) is 97.7 Å². The SMILES string of the molecule is Cc1cc(C(=O)CSc2n[nH]c(/C=C/c3ccccc3)n2)c(C)n1C1CCS(=O)(=O)C1. The average molecular weight is 457 g/mol. The summed E-state index contributed by atoms with van der Waals surface area (Å²) in [6, 6.07) is 11.7. The largest absolute Gasteiger partial charge is 0.344 e. The van der Waals surface area contributed by atoms with Crippen molar-refractivity contribution in [2.24, 2.45) is 0 Å². The van der Waals surface area contributed by atoms with Crippen LogP contribution in [-0.4, -0.2) is 51.2 Å². The van der Waals surface area contributed by atoms with E-state index in [1.54, 1.807) is 0 Å². The quantitative estimate of drug-likeness (QED) is 0.430. The average Bonchev–Trinajstić information content (AvgIpc) is 3.42. The molecule has 2 aromatic heterocycles. The van der Waals surface area contributed by atoms with Gasteiger partial charge in [0.2, 0.25) is 5.16 Å². The number of hydrogen-bond acceptors (Lipinski definition) is 6. The van der Waals surface area contributed by atoms with Gasteiger partial charge in [-0.15, -0.1) is 5.10 Å². The highest BCUT2D eigenvalue weighted by Gasteiger charge is 2.31. The summed E-state index contributed by atoms with van der Waals surface area (Å²) >= 11 is 1.28. The summed E-state index contributed by atoms with van der Waals surface area (Å²) in [4.78, 5) is 17.2. The summed E-state index contributed by atoms with van der Waals surface area (Å²) in [5.41, 5.74) is 3.44. The number of H-pyrrole nitrogens is 1. The molecule has 162 valence electrons. The lowest BCUT2D eigenvalue weighted by Gasteiger charge is -2.16. The summed E-state index contributed by atoms with van der Waals surface area (Å²) < 4.78 is 25.7. The zero-order valence-electron chi connectivity index (χ0n) is 17.4. The highest BCUT2D eigenvalue weighted by Crippen LogP contribution is 2.30. The molecule has 0 bridgehead atoms. The molecule has 1 fully saturated rings. The number of aromatic nitrogens is 4. The molecule has 0 saturated carbocycles. The number of carbonyl (C=O) groups excluding carboxylic acids is 1. The van der Waals surface area contributed by atoms with Gasteiger partial charge in [0.25, 0.3) is 0 Å².